The molecule has 114 valence electrons. The van der Waals surface area contributed by atoms with Gasteiger partial charge in [0.1, 0.15) is 5.82 Å². The summed E-state index contributed by atoms with van der Waals surface area (Å²) in [6.45, 7) is 0. The number of carbonyl (C=O) groups is 2. The van der Waals surface area contributed by atoms with E-state index in [0.29, 0.717) is 5.56 Å². The highest BCUT2D eigenvalue weighted by molar-refractivity contribution is 6.05. The van der Waals surface area contributed by atoms with E-state index in [1.807, 2.05) is 25.1 Å². The van der Waals surface area contributed by atoms with E-state index in [9.17, 15) is 14.0 Å². The molecule has 1 amide bonds. The number of rotatable bonds is 4. The molecule has 0 saturated heterocycles. The smallest absolute Gasteiger partial charge is 0.338 e. The van der Waals surface area contributed by atoms with Gasteiger partial charge < -0.3 is 15.3 Å². The van der Waals surface area contributed by atoms with Crippen molar-refractivity contribution in [3.63, 3.8) is 0 Å². The van der Waals surface area contributed by atoms with Crippen LogP contribution in [0.4, 0.5) is 15.8 Å². The molecule has 0 aliphatic carbocycles. The summed E-state index contributed by atoms with van der Waals surface area (Å²) in [4.78, 5) is 24.9. The number of carboxylic acid groups (broad SMARTS) is 1. The van der Waals surface area contributed by atoms with E-state index in [0.717, 1.165) is 17.8 Å². The van der Waals surface area contributed by atoms with Crippen molar-refractivity contribution in [1.82, 2.24) is 0 Å². The molecule has 0 unspecified atom stereocenters. The van der Waals surface area contributed by atoms with Crippen LogP contribution in [0.3, 0.4) is 0 Å². The third-order valence-corrected chi connectivity index (χ3v) is 3.08. The molecule has 6 heteroatoms. The van der Waals surface area contributed by atoms with Gasteiger partial charge in [0.05, 0.1) is 5.56 Å². The molecule has 0 atom stereocenters. The van der Waals surface area contributed by atoms with Crippen LogP contribution in [-0.4, -0.2) is 31.1 Å². The quantitative estimate of drug-likeness (QED) is 0.911. The Kier molecular flexibility index (Phi) is 4.41. The molecule has 2 aromatic rings. The summed E-state index contributed by atoms with van der Waals surface area (Å²) < 4.78 is 13.3. The zero-order valence-electron chi connectivity index (χ0n) is 12.1. The number of hydrogen-bond acceptors (Lipinski definition) is 3. The minimum Gasteiger partial charge on any atom is -0.478 e. The second-order valence-electron chi connectivity index (χ2n) is 4.90. The topological polar surface area (TPSA) is 69.6 Å². The lowest BCUT2D eigenvalue weighted by Gasteiger charge is -2.13. The number of hydrogen-bond donors (Lipinski definition) is 2. The minimum atomic E-state index is -1.39. The number of aromatic carboxylic acids is 1. The van der Waals surface area contributed by atoms with Crippen molar-refractivity contribution in [2.75, 3.05) is 24.3 Å². The number of carbonyl (C=O) groups excluding carboxylic acids is 1. The van der Waals surface area contributed by atoms with Crippen LogP contribution >= 0.6 is 0 Å². The van der Waals surface area contributed by atoms with Crippen molar-refractivity contribution < 1.29 is 19.1 Å². The molecule has 0 fully saturated rings. The molecular formula is C16H15FN2O3. The van der Waals surface area contributed by atoms with Crippen LogP contribution < -0.4 is 10.2 Å². The van der Waals surface area contributed by atoms with Gasteiger partial charge >= 0.3 is 5.97 Å². The predicted octanol–water partition coefficient (Wildman–Crippen LogP) is 2.84. The Hall–Kier alpha value is -2.89. The Balaban J connectivity index is 2.24. The first-order valence-corrected chi connectivity index (χ1v) is 6.50. The van der Waals surface area contributed by atoms with Gasteiger partial charge in [-0.05, 0) is 36.4 Å². The van der Waals surface area contributed by atoms with Crippen LogP contribution in [0, 0.1) is 5.82 Å². The monoisotopic (exact) mass is 302 g/mol. The number of halogens is 1. The fourth-order valence-electron chi connectivity index (χ4n) is 1.90. The maximum atomic E-state index is 13.3. The summed E-state index contributed by atoms with van der Waals surface area (Å²) in [5.74, 6) is -2.63. The van der Waals surface area contributed by atoms with Gasteiger partial charge in [-0.1, -0.05) is 6.07 Å². The fourth-order valence-corrected chi connectivity index (χ4v) is 1.90. The fraction of sp³-hybridized carbons (Fsp3) is 0.125. The predicted molar refractivity (Wildman–Crippen MR) is 82.1 cm³/mol. The van der Waals surface area contributed by atoms with Crippen LogP contribution in [0.25, 0.3) is 0 Å². The van der Waals surface area contributed by atoms with Gasteiger partial charge in [-0.3, -0.25) is 4.79 Å². The summed E-state index contributed by atoms with van der Waals surface area (Å²) >= 11 is 0. The molecule has 0 heterocycles. The molecule has 2 N–H and O–H groups in total. The summed E-state index contributed by atoms with van der Waals surface area (Å²) in [6, 6.07) is 10.4. The molecule has 2 aromatic carbocycles. The van der Waals surface area contributed by atoms with Crippen molar-refractivity contribution in [3.05, 3.63) is 59.4 Å². The second-order valence-corrected chi connectivity index (χ2v) is 4.90. The van der Waals surface area contributed by atoms with Gasteiger partial charge in [-0.15, -0.1) is 0 Å². The van der Waals surface area contributed by atoms with Gasteiger partial charge in [0.25, 0.3) is 5.91 Å². The molecule has 0 bridgehead atoms. The lowest BCUT2D eigenvalue weighted by Crippen LogP contribution is -2.14. The Morgan fingerprint density at radius 1 is 1.14 bits per heavy atom. The van der Waals surface area contributed by atoms with Gasteiger partial charge in [-0.2, -0.15) is 0 Å². The average Bonchev–Trinajstić information content (AvgIpc) is 2.49. The average molecular weight is 302 g/mol. The van der Waals surface area contributed by atoms with E-state index in [-0.39, 0.29) is 5.69 Å². The van der Waals surface area contributed by atoms with Gasteiger partial charge in [0, 0.05) is 31.0 Å². The summed E-state index contributed by atoms with van der Waals surface area (Å²) in [5.41, 5.74) is 1.02. The van der Waals surface area contributed by atoms with E-state index in [1.54, 1.807) is 18.2 Å². The number of benzene rings is 2. The normalized spacial score (nSPS) is 10.1. The molecular weight excluding hydrogens is 287 g/mol. The number of carboxylic acids is 1. The Morgan fingerprint density at radius 2 is 1.86 bits per heavy atom. The molecule has 0 saturated carbocycles. The SMILES string of the molecule is CN(C)c1cccc(C(=O)Nc2ccc(F)c(C(=O)O)c2)c1. The molecule has 0 spiro atoms. The number of anilines is 2. The van der Waals surface area contributed by atoms with Crippen molar-refractivity contribution in [1.29, 1.82) is 0 Å². The molecule has 5 nitrogen and oxygen atoms in total. The highest BCUT2D eigenvalue weighted by Gasteiger charge is 2.13. The van der Waals surface area contributed by atoms with E-state index in [2.05, 4.69) is 5.32 Å². The van der Waals surface area contributed by atoms with E-state index < -0.39 is 23.3 Å². The van der Waals surface area contributed by atoms with Crippen molar-refractivity contribution in [2.24, 2.45) is 0 Å². The van der Waals surface area contributed by atoms with Crippen LogP contribution in [0.5, 0.6) is 0 Å². The number of nitrogens with one attached hydrogen (secondary N) is 1. The molecule has 22 heavy (non-hydrogen) atoms. The third kappa shape index (κ3) is 3.41. The molecule has 0 aromatic heterocycles. The van der Waals surface area contributed by atoms with Gasteiger partial charge in [0.15, 0.2) is 0 Å². The first kappa shape index (κ1) is 15.5. The molecule has 2 rings (SSSR count). The summed E-state index contributed by atoms with van der Waals surface area (Å²) in [6.07, 6.45) is 0. The molecule has 0 aliphatic heterocycles. The minimum absolute atomic E-state index is 0.221. The highest BCUT2D eigenvalue weighted by Crippen LogP contribution is 2.18. The second kappa shape index (κ2) is 6.26. The Bertz CT molecular complexity index is 729. The third-order valence-electron chi connectivity index (χ3n) is 3.08. The summed E-state index contributed by atoms with van der Waals surface area (Å²) in [7, 11) is 3.71. The van der Waals surface area contributed by atoms with E-state index in [4.69, 9.17) is 5.11 Å². The first-order valence-electron chi connectivity index (χ1n) is 6.50. The van der Waals surface area contributed by atoms with E-state index >= 15 is 0 Å². The van der Waals surface area contributed by atoms with Gasteiger partial charge in [-0.25, -0.2) is 9.18 Å². The maximum Gasteiger partial charge on any atom is 0.338 e. The molecule has 0 aliphatic rings. The zero-order valence-corrected chi connectivity index (χ0v) is 12.1. The molecule has 0 radical (unpaired) electrons. The first-order chi connectivity index (χ1) is 10.4. The van der Waals surface area contributed by atoms with Crippen LogP contribution in [0.2, 0.25) is 0 Å². The standard InChI is InChI=1S/C16H15FN2O3/c1-19(2)12-5-3-4-10(8-12)15(20)18-11-6-7-14(17)13(9-11)16(21)22/h3-9H,1-2H3,(H,18,20)(H,21,22). The highest BCUT2D eigenvalue weighted by atomic mass is 19.1. The maximum absolute atomic E-state index is 13.3. The Morgan fingerprint density at radius 3 is 2.50 bits per heavy atom. The van der Waals surface area contributed by atoms with E-state index in [1.165, 1.54) is 6.07 Å². The van der Waals surface area contributed by atoms with Crippen LogP contribution in [0.1, 0.15) is 20.7 Å². The Labute approximate surface area is 127 Å². The summed E-state index contributed by atoms with van der Waals surface area (Å²) in [5, 5.41) is 11.4. The number of nitrogens with zero attached hydrogens (tertiary/aromatic N) is 1. The largest absolute Gasteiger partial charge is 0.478 e. The zero-order chi connectivity index (χ0) is 16.3. The van der Waals surface area contributed by atoms with Crippen LogP contribution in [-0.2, 0) is 0 Å². The number of amides is 1. The van der Waals surface area contributed by atoms with Crippen LogP contribution in [0.15, 0.2) is 42.5 Å². The lowest BCUT2D eigenvalue weighted by atomic mass is 10.1. The van der Waals surface area contributed by atoms with Gasteiger partial charge in [0.2, 0.25) is 0 Å². The lowest BCUT2D eigenvalue weighted by molar-refractivity contribution is 0.0691. The van der Waals surface area contributed by atoms with Crippen molar-refractivity contribution >= 4 is 23.3 Å². The van der Waals surface area contributed by atoms with Crippen molar-refractivity contribution in [3.8, 4) is 0 Å². The van der Waals surface area contributed by atoms with Crippen molar-refractivity contribution in [2.45, 2.75) is 0 Å².